The highest BCUT2D eigenvalue weighted by atomic mass is 35.5. The molecule has 2 rings (SSSR count). The van der Waals surface area contributed by atoms with Gasteiger partial charge in [-0.1, -0.05) is 17.7 Å². The van der Waals surface area contributed by atoms with E-state index in [9.17, 15) is 8.78 Å². The Kier molecular flexibility index (Phi) is 3.82. The highest BCUT2D eigenvalue weighted by Gasteiger charge is 2.06. The molecule has 0 amide bonds. The minimum absolute atomic E-state index is 0.0981. The van der Waals surface area contributed by atoms with E-state index < -0.39 is 0 Å². The van der Waals surface area contributed by atoms with Crippen molar-refractivity contribution in [1.29, 1.82) is 0 Å². The van der Waals surface area contributed by atoms with Gasteiger partial charge in [-0.2, -0.15) is 0 Å². The van der Waals surface area contributed by atoms with Crippen molar-refractivity contribution in [2.75, 3.05) is 0 Å². The van der Waals surface area contributed by atoms with E-state index in [0.29, 0.717) is 16.3 Å². The van der Waals surface area contributed by atoms with Gasteiger partial charge in [0.1, 0.15) is 24.0 Å². The molecule has 2 aromatic carbocycles. The number of aryl methyl sites for hydroxylation is 1. The summed E-state index contributed by atoms with van der Waals surface area (Å²) in [4.78, 5) is 0. The lowest BCUT2D eigenvalue weighted by Gasteiger charge is -2.10. The number of rotatable bonds is 3. The first kappa shape index (κ1) is 12.8. The lowest BCUT2D eigenvalue weighted by atomic mass is 10.2. The number of hydrogen-bond acceptors (Lipinski definition) is 1. The molecule has 0 heterocycles. The fourth-order valence-corrected chi connectivity index (χ4v) is 1.71. The summed E-state index contributed by atoms with van der Waals surface area (Å²) in [6.07, 6.45) is 0. The Bertz CT molecular complexity index is 518. The second-order valence-electron chi connectivity index (χ2n) is 3.93. The minimum atomic E-state index is -0.381. The summed E-state index contributed by atoms with van der Waals surface area (Å²) in [5.74, 6) is -0.328. The highest BCUT2D eigenvalue weighted by Crippen LogP contribution is 2.23. The van der Waals surface area contributed by atoms with Gasteiger partial charge in [-0.25, -0.2) is 8.78 Å². The van der Waals surface area contributed by atoms with Crippen LogP contribution in [-0.4, -0.2) is 0 Å². The van der Waals surface area contributed by atoms with Gasteiger partial charge in [0.25, 0.3) is 0 Å². The summed E-state index contributed by atoms with van der Waals surface area (Å²) >= 11 is 5.91. The lowest BCUT2D eigenvalue weighted by Crippen LogP contribution is -1.99. The van der Waals surface area contributed by atoms with Crippen LogP contribution in [0.4, 0.5) is 8.78 Å². The average Bonchev–Trinajstić information content (AvgIpc) is 2.34. The molecule has 0 N–H and O–H groups in total. The van der Waals surface area contributed by atoms with Gasteiger partial charge < -0.3 is 4.74 Å². The summed E-state index contributed by atoms with van der Waals surface area (Å²) in [6, 6.07) is 8.32. The zero-order valence-corrected chi connectivity index (χ0v) is 10.5. The summed E-state index contributed by atoms with van der Waals surface area (Å²) < 4.78 is 31.5. The summed E-state index contributed by atoms with van der Waals surface area (Å²) in [5.41, 5.74) is 1.34. The van der Waals surface area contributed by atoms with Crippen molar-refractivity contribution in [2.24, 2.45) is 0 Å². The minimum Gasteiger partial charge on any atom is -0.488 e. The van der Waals surface area contributed by atoms with Crippen LogP contribution in [0.3, 0.4) is 0 Å². The highest BCUT2D eigenvalue weighted by molar-refractivity contribution is 6.31. The van der Waals surface area contributed by atoms with Gasteiger partial charge in [0.05, 0.1) is 0 Å². The van der Waals surface area contributed by atoms with Crippen LogP contribution in [0.2, 0.25) is 5.02 Å². The Morgan fingerprint density at radius 3 is 2.50 bits per heavy atom. The molecule has 0 bridgehead atoms. The number of hydrogen-bond donors (Lipinski definition) is 0. The molecule has 0 saturated carbocycles. The third-order valence-corrected chi connectivity index (χ3v) is 2.91. The van der Waals surface area contributed by atoms with E-state index in [4.69, 9.17) is 16.3 Å². The van der Waals surface area contributed by atoms with Crippen LogP contribution in [0, 0.1) is 18.6 Å². The fourth-order valence-electron chi connectivity index (χ4n) is 1.54. The molecule has 18 heavy (non-hydrogen) atoms. The largest absolute Gasteiger partial charge is 0.488 e. The maximum absolute atomic E-state index is 13.1. The van der Waals surface area contributed by atoms with Gasteiger partial charge in [0.15, 0.2) is 0 Å². The van der Waals surface area contributed by atoms with Gasteiger partial charge >= 0.3 is 0 Å². The lowest BCUT2D eigenvalue weighted by molar-refractivity contribution is 0.302. The molecule has 0 saturated heterocycles. The monoisotopic (exact) mass is 268 g/mol. The molecule has 0 aliphatic heterocycles. The zero-order chi connectivity index (χ0) is 13.1. The van der Waals surface area contributed by atoms with Gasteiger partial charge in [-0.3, -0.25) is 0 Å². The van der Waals surface area contributed by atoms with Crippen LogP contribution in [-0.2, 0) is 6.61 Å². The molecule has 0 unspecified atom stereocenters. The number of halogens is 3. The van der Waals surface area contributed by atoms with Gasteiger partial charge in [-0.15, -0.1) is 0 Å². The first-order valence-corrected chi connectivity index (χ1v) is 5.77. The second kappa shape index (κ2) is 5.36. The van der Waals surface area contributed by atoms with Crippen LogP contribution in [0.25, 0.3) is 0 Å². The molecule has 0 spiro atoms. The first-order chi connectivity index (χ1) is 8.56. The van der Waals surface area contributed by atoms with Gasteiger partial charge in [-0.05, 0) is 36.8 Å². The van der Waals surface area contributed by atoms with Gasteiger partial charge in [0, 0.05) is 16.7 Å². The average molecular weight is 269 g/mol. The first-order valence-electron chi connectivity index (χ1n) is 5.39. The van der Waals surface area contributed by atoms with E-state index in [-0.39, 0.29) is 18.2 Å². The Morgan fingerprint density at radius 1 is 1.06 bits per heavy atom. The molecule has 0 fully saturated rings. The molecule has 0 atom stereocenters. The third kappa shape index (κ3) is 2.99. The number of ether oxygens (including phenoxy) is 1. The van der Waals surface area contributed by atoms with Crippen LogP contribution >= 0.6 is 11.6 Å². The summed E-state index contributed by atoms with van der Waals surface area (Å²) in [7, 11) is 0. The van der Waals surface area contributed by atoms with Crippen molar-refractivity contribution < 1.29 is 13.5 Å². The van der Waals surface area contributed by atoms with Crippen molar-refractivity contribution >= 4 is 11.6 Å². The molecule has 94 valence electrons. The topological polar surface area (TPSA) is 9.23 Å². The van der Waals surface area contributed by atoms with Crippen molar-refractivity contribution in [1.82, 2.24) is 0 Å². The quantitative estimate of drug-likeness (QED) is 0.796. The molecule has 0 aromatic heterocycles. The van der Waals surface area contributed by atoms with Crippen LogP contribution < -0.4 is 4.74 Å². The second-order valence-corrected chi connectivity index (χ2v) is 4.34. The SMILES string of the molecule is Cc1ccc(F)cc1OCc1cc(F)ccc1Cl. The number of benzene rings is 2. The smallest absolute Gasteiger partial charge is 0.126 e. The molecule has 0 radical (unpaired) electrons. The van der Waals surface area contributed by atoms with E-state index in [1.807, 2.05) is 6.92 Å². The Hall–Kier alpha value is -1.61. The standard InChI is InChI=1S/C14H11ClF2O/c1-9-2-3-12(17)7-14(9)18-8-10-6-11(16)4-5-13(10)15/h2-7H,8H2,1H3. The molecule has 2 aromatic rings. The van der Waals surface area contributed by atoms with Crippen LogP contribution in [0.5, 0.6) is 5.75 Å². The predicted octanol–water partition coefficient (Wildman–Crippen LogP) is 4.51. The zero-order valence-electron chi connectivity index (χ0n) is 9.71. The van der Waals surface area contributed by atoms with Gasteiger partial charge in [0.2, 0.25) is 0 Å². The third-order valence-electron chi connectivity index (χ3n) is 2.54. The normalized spacial score (nSPS) is 10.4. The van der Waals surface area contributed by atoms with E-state index in [1.165, 1.54) is 30.3 Å². The Morgan fingerprint density at radius 2 is 1.72 bits per heavy atom. The predicted molar refractivity (Wildman–Crippen MR) is 66.9 cm³/mol. The molecule has 4 heteroatoms. The van der Waals surface area contributed by atoms with Crippen molar-refractivity contribution in [3.8, 4) is 5.75 Å². The van der Waals surface area contributed by atoms with E-state index in [1.54, 1.807) is 6.07 Å². The van der Waals surface area contributed by atoms with Crippen LogP contribution in [0.1, 0.15) is 11.1 Å². The fraction of sp³-hybridized carbons (Fsp3) is 0.143. The Labute approximate surface area is 109 Å². The van der Waals surface area contributed by atoms with E-state index in [2.05, 4.69) is 0 Å². The molecular formula is C14H11ClF2O. The molecule has 0 aliphatic carbocycles. The molecular weight excluding hydrogens is 258 g/mol. The summed E-state index contributed by atoms with van der Waals surface area (Å²) in [6.45, 7) is 1.91. The van der Waals surface area contributed by atoms with Crippen molar-refractivity contribution in [2.45, 2.75) is 13.5 Å². The maximum atomic E-state index is 13.1. The molecule has 0 aliphatic rings. The maximum Gasteiger partial charge on any atom is 0.126 e. The van der Waals surface area contributed by atoms with E-state index in [0.717, 1.165) is 5.56 Å². The van der Waals surface area contributed by atoms with Crippen molar-refractivity contribution in [3.63, 3.8) is 0 Å². The van der Waals surface area contributed by atoms with Crippen molar-refractivity contribution in [3.05, 3.63) is 64.2 Å². The van der Waals surface area contributed by atoms with E-state index >= 15 is 0 Å². The van der Waals surface area contributed by atoms with Crippen LogP contribution in [0.15, 0.2) is 36.4 Å². The Balaban J connectivity index is 2.16. The molecule has 1 nitrogen and oxygen atoms in total. The summed E-state index contributed by atoms with van der Waals surface area (Å²) in [5, 5.41) is 0.422.